The van der Waals surface area contributed by atoms with Gasteiger partial charge < -0.3 is 5.11 Å². The highest BCUT2D eigenvalue weighted by molar-refractivity contribution is 7.92. The van der Waals surface area contributed by atoms with E-state index in [4.69, 9.17) is 16.7 Å². The van der Waals surface area contributed by atoms with E-state index < -0.39 is 16.0 Å². The number of carboxylic acid groups (broad SMARTS) is 1. The second-order valence-corrected chi connectivity index (χ2v) is 7.16. The predicted octanol–water partition coefficient (Wildman–Crippen LogP) is 3.40. The van der Waals surface area contributed by atoms with E-state index in [0.29, 0.717) is 10.7 Å². The summed E-state index contributed by atoms with van der Waals surface area (Å²) in [4.78, 5) is 10.8. The molecule has 1 N–H and O–H groups in total. The van der Waals surface area contributed by atoms with Crippen LogP contribution in [0.2, 0.25) is 5.02 Å². The second kappa shape index (κ2) is 7.48. The van der Waals surface area contributed by atoms with Crippen LogP contribution in [-0.2, 0) is 14.8 Å². The van der Waals surface area contributed by atoms with Crippen molar-refractivity contribution in [3.05, 3.63) is 59.6 Å². The fraction of sp³-hybridized carbons (Fsp3) is 0.188. The third-order valence-corrected chi connectivity index (χ3v) is 5.29. The van der Waals surface area contributed by atoms with Gasteiger partial charge in [0.05, 0.1) is 10.6 Å². The zero-order valence-corrected chi connectivity index (χ0v) is 13.8. The first-order chi connectivity index (χ1) is 10.9. The zero-order chi connectivity index (χ0) is 16.9. The Bertz CT molecular complexity index is 760. The van der Waals surface area contributed by atoms with Crippen LogP contribution >= 0.6 is 11.6 Å². The Labute approximate surface area is 140 Å². The highest BCUT2D eigenvalue weighted by Crippen LogP contribution is 2.25. The zero-order valence-electron chi connectivity index (χ0n) is 12.2. The molecule has 0 aliphatic carbocycles. The fourth-order valence-corrected chi connectivity index (χ4v) is 3.72. The molecule has 0 saturated carbocycles. The normalized spacial score (nSPS) is 11.2. The van der Waals surface area contributed by atoms with Gasteiger partial charge in [-0.3, -0.25) is 9.10 Å². The van der Waals surface area contributed by atoms with Gasteiger partial charge in [-0.05, 0) is 42.8 Å². The largest absolute Gasteiger partial charge is 0.481 e. The molecule has 2 aromatic carbocycles. The van der Waals surface area contributed by atoms with E-state index in [1.54, 1.807) is 30.3 Å². The fourth-order valence-electron chi connectivity index (χ4n) is 2.09. The number of carbonyl (C=O) groups is 1. The van der Waals surface area contributed by atoms with Crippen molar-refractivity contribution in [3.8, 4) is 0 Å². The van der Waals surface area contributed by atoms with Gasteiger partial charge in [0.25, 0.3) is 10.0 Å². The molecule has 0 aliphatic heterocycles. The number of hydrogen-bond donors (Lipinski definition) is 1. The SMILES string of the molecule is O=C(O)CCCN(c1ccccc1)S(=O)(=O)c1ccc(Cl)cc1. The summed E-state index contributed by atoms with van der Waals surface area (Å²) >= 11 is 5.80. The molecule has 5 nitrogen and oxygen atoms in total. The summed E-state index contributed by atoms with van der Waals surface area (Å²) in [7, 11) is -3.79. The van der Waals surface area contributed by atoms with Crippen molar-refractivity contribution in [1.82, 2.24) is 0 Å². The van der Waals surface area contributed by atoms with Gasteiger partial charge >= 0.3 is 5.97 Å². The van der Waals surface area contributed by atoms with Crippen molar-refractivity contribution in [2.24, 2.45) is 0 Å². The smallest absolute Gasteiger partial charge is 0.303 e. The molecule has 0 aliphatic rings. The summed E-state index contributed by atoms with van der Waals surface area (Å²) in [5, 5.41) is 9.21. The van der Waals surface area contributed by atoms with Crippen molar-refractivity contribution in [2.75, 3.05) is 10.8 Å². The van der Waals surface area contributed by atoms with Crippen molar-refractivity contribution in [1.29, 1.82) is 0 Å². The van der Waals surface area contributed by atoms with Crippen LogP contribution in [0.4, 0.5) is 5.69 Å². The molecule has 2 aromatic rings. The average molecular weight is 354 g/mol. The van der Waals surface area contributed by atoms with Crippen LogP contribution in [0.5, 0.6) is 0 Å². The molecular weight excluding hydrogens is 338 g/mol. The summed E-state index contributed by atoms with van der Waals surface area (Å²) < 4.78 is 26.9. The second-order valence-electron chi connectivity index (χ2n) is 4.86. The number of nitrogens with zero attached hydrogens (tertiary/aromatic N) is 1. The monoisotopic (exact) mass is 353 g/mol. The highest BCUT2D eigenvalue weighted by Gasteiger charge is 2.24. The van der Waals surface area contributed by atoms with E-state index in [9.17, 15) is 13.2 Å². The minimum absolute atomic E-state index is 0.0846. The van der Waals surface area contributed by atoms with Gasteiger partial charge in [0.2, 0.25) is 0 Å². The number of benzene rings is 2. The van der Waals surface area contributed by atoms with Crippen LogP contribution in [0, 0.1) is 0 Å². The van der Waals surface area contributed by atoms with Crippen LogP contribution in [0.15, 0.2) is 59.5 Å². The van der Waals surface area contributed by atoms with Gasteiger partial charge in [0.1, 0.15) is 0 Å². The number of hydrogen-bond acceptors (Lipinski definition) is 3. The Morgan fingerprint density at radius 2 is 1.65 bits per heavy atom. The van der Waals surface area contributed by atoms with Crippen molar-refractivity contribution < 1.29 is 18.3 Å². The molecule has 0 radical (unpaired) electrons. The third-order valence-electron chi connectivity index (χ3n) is 3.20. The summed E-state index contributed by atoms with van der Waals surface area (Å²) in [5.74, 6) is -0.957. The minimum Gasteiger partial charge on any atom is -0.481 e. The van der Waals surface area contributed by atoms with Gasteiger partial charge in [-0.1, -0.05) is 29.8 Å². The minimum atomic E-state index is -3.79. The van der Waals surface area contributed by atoms with E-state index in [0.717, 1.165) is 0 Å². The van der Waals surface area contributed by atoms with Crippen LogP contribution in [0.3, 0.4) is 0 Å². The van der Waals surface area contributed by atoms with E-state index in [1.807, 2.05) is 0 Å². The maximum Gasteiger partial charge on any atom is 0.303 e. The van der Waals surface area contributed by atoms with E-state index >= 15 is 0 Å². The Hall–Kier alpha value is -2.05. The van der Waals surface area contributed by atoms with Gasteiger partial charge in [0, 0.05) is 18.0 Å². The molecule has 0 bridgehead atoms. The number of sulfonamides is 1. The van der Waals surface area contributed by atoms with Gasteiger partial charge in [0.15, 0.2) is 0 Å². The summed E-state index contributed by atoms with van der Waals surface area (Å²) in [6.45, 7) is 0.0846. The van der Waals surface area contributed by atoms with Crippen molar-refractivity contribution in [3.63, 3.8) is 0 Å². The molecule has 0 unspecified atom stereocenters. The molecule has 0 heterocycles. The van der Waals surface area contributed by atoms with Crippen LogP contribution in [0.25, 0.3) is 0 Å². The Morgan fingerprint density at radius 3 is 2.22 bits per heavy atom. The molecule has 7 heteroatoms. The van der Waals surface area contributed by atoms with Gasteiger partial charge in [-0.25, -0.2) is 8.42 Å². The first kappa shape index (κ1) is 17.3. The highest BCUT2D eigenvalue weighted by atomic mass is 35.5. The van der Waals surface area contributed by atoms with E-state index in [-0.39, 0.29) is 24.3 Å². The van der Waals surface area contributed by atoms with Crippen LogP contribution < -0.4 is 4.31 Å². The first-order valence-corrected chi connectivity index (χ1v) is 8.78. The molecule has 0 atom stereocenters. The summed E-state index contributed by atoms with van der Waals surface area (Å²) in [5.41, 5.74) is 0.493. The molecule has 122 valence electrons. The topological polar surface area (TPSA) is 74.7 Å². The van der Waals surface area contributed by atoms with Gasteiger partial charge in [-0.2, -0.15) is 0 Å². The molecule has 0 aromatic heterocycles. The number of rotatable bonds is 7. The van der Waals surface area contributed by atoms with Crippen molar-refractivity contribution in [2.45, 2.75) is 17.7 Å². The lowest BCUT2D eigenvalue weighted by Crippen LogP contribution is -2.32. The Balaban J connectivity index is 2.35. The van der Waals surface area contributed by atoms with Crippen LogP contribution in [-0.4, -0.2) is 26.0 Å². The van der Waals surface area contributed by atoms with Gasteiger partial charge in [-0.15, -0.1) is 0 Å². The molecule has 0 amide bonds. The number of anilines is 1. The maximum absolute atomic E-state index is 12.9. The number of carboxylic acids is 1. The summed E-state index contributed by atoms with van der Waals surface area (Å²) in [6, 6.07) is 14.5. The summed E-state index contributed by atoms with van der Waals surface area (Å²) in [6.07, 6.45) is 0.122. The molecule has 2 rings (SSSR count). The Morgan fingerprint density at radius 1 is 1.04 bits per heavy atom. The first-order valence-electron chi connectivity index (χ1n) is 6.96. The quantitative estimate of drug-likeness (QED) is 0.827. The van der Waals surface area contributed by atoms with Crippen LogP contribution in [0.1, 0.15) is 12.8 Å². The number of halogens is 1. The standard InChI is InChI=1S/C16H16ClNO4S/c17-13-8-10-15(11-9-13)23(21,22)18(12-4-7-16(19)20)14-5-2-1-3-6-14/h1-3,5-6,8-11H,4,7,12H2,(H,19,20). The molecule has 0 saturated heterocycles. The number of aliphatic carboxylic acids is 1. The Kier molecular flexibility index (Phi) is 5.63. The molecule has 23 heavy (non-hydrogen) atoms. The maximum atomic E-state index is 12.9. The predicted molar refractivity (Wildman–Crippen MR) is 89.3 cm³/mol. The van der Waals surface area contributed by atoms with E-state index in [2.05, 4.69) is 0 Å². The average Bonchev–Trinajstić information content (AvgIpc) is 2.52. The molecule has 0 fully saturated rings. The number of para-hydroxylation sites is 1. The van der Waals surface area contributed by atoms with E-state index in [1.165, 1.54) is 28.6 Å². The lowest BCUT2D eigenvalue weighted by atomic mass is 10.3. The van der Waals surface area contributed by atoms with Crippen molar-refractivity contribution >= 4 is 33.3 Å². The lowest BCUT2D eigenvalue weighted by Gasteiger charge is -2.24. The third kappa shape index (κ3) is 4.46. The lowest BCUT2D eigenvalue weighted by molar-refractivity contribution is -0.137. The molecule has 0 spiro atoms. The molecular formula is C16H16ClNO4S.